The molecule has 0 saturated heterocycles. The van der Waals surface area contributed by atoms with Crippen LogP contribution in [-0.2, 0) is 0 Å². The van der Waals surface area contributed by atoms with Crippen LogP contribution >= 0.6 is 11.8 Å². The van der Waals surface area contributed by atoms with E-state index in [1.807, 2.05) is 6.92 Å². The zero-order valence-corrected chi connectivity index (χ0v) is 6.92. The molecule has 0 N–H and O–H groups in total. The van der Waals surface area contributed by atoms with Gasteiger partial charge in [0.25, 0.3) is 0 Å². The van der Waals surface area contributed by atoms with Crippen LogP contribution in [0.25, 0.3) is 0 Å². The van der Waals surface area contributed by atoms with Crippen molar-refractivity contribution in [2.45, 2.75) is 11.8 Å². The number of hydrogen-bond donors (Lipinski definition) is 0. The molecule has 0 atom stereocenters. The van der Waals surface area contributed by atoms with Crippen LogP contribution in [0.2, 0.25) is 0 Å². The van der Waals surface area contributed by atoms with Gasteiger partial charge in [0.2, 0.25) is 0 Å². The van der Waals surface area contributed by atoms with Crippen molar-refractivity contribution in [2.75, 3.05) is 5.75 Å². The van der Waals surface area contributed by atoms with Crippen molar-refractivity contribution < 1.29 is 8.78 Å². The maximum absolute atomic E-state index is 12.8. The molecule has 0 heterocycles. The van der Waals surface area contributed by atoms with Crippen molar-refractivity contribution in [2.24, 2.45) is 0 Å². The van der Waals surface area contributed by atoms with E-state index in [-0.39, 0.29) is 11.6 Å². The van der Waals surface area contributed by atoms with Gasteiger partial charge in [-0.1, -0.05) is 6.92 Å². The van der Waals surface area contributed by atoms with E-state index in [1.165, 1.54) is 17.8 Å². The molecule has 60 valence electrons. The third kappa shape index (κ3) is 2.19. The lowest BCUT2D eigenvalue weighted by molar-refractivity contribution is 0.577. The Morgan fingerprint density at radius 3 is 2.73 bits per heavy atom. The Morgan fingerprint density at radius 2 is 2.09 bits per heavy atom. The van der Waals surface area contributed by atoms with Crippen LogP contribution in [0.5, 0.6) is 0 Å². The van der Waals surface area contributed by atoms with E-state index < -0.39 is 0 Å². The van der Waals surface area contributed by atoms with Gasteiger partial charge in [-0.15, -0.1) is 11.8 Å². The van der Waals surface area contributed by atoms with E-state index in [0.29, 0.717) is 4.90 Å². The quantitative estimate of drug-likeness (QED) is 0.621. The third-order valence-corrected chi connectivity index (χ3v) is 2.11. The molecule has 0 aliphatic rings. The molecule has 1 rings (SSSR count). The SMILES string of the molecule is CCSc1cc(F)ccc1F. The molecule has 11 heavy (non-hydrogen) atoms. The summed E-state index contributed by atoms with van der Waals surface area (Å²) < 4.78 is 25.3. The molecule has 0 aliphatic heterocycles. The lowest BCUT2D eigenvalue weighted by Crippen LogP contribution is -1.83. The van der Waals surface area contributed by atoms with Gasteiger partial charge in [0.05, 0.1) is 0 Å². The highest BCUT2D eigenvalue weighted by atomic mass is 32.2. The standard InChI is InChI=1S/C8H8F2S/c1-2-11-8-5-6(9)3-4-7(8)10/h3-5H,2H2,1H3. The van der Waals surface area contributed by atoms with Gasteiger partial charge in [0.15, 0.2) is 0 Å². The van der Waals surface area contributed by atoms with E-state index in [0.717, 1.165) is 17.9 Å². The minimum Gasteiger partial charge on any atom is -0.207 e. The normalized spacial score (nSPS) is 10.1. The number of benzene rings is 1. The van der Waals surface area contributed by atoms with E-state index in [2.05, 4.69) is 0 Å². The summed E-state index contributed by atoms with van der Waals surface area (Å²) >= 11 is 1.30. The van der Waals surface area contributed by atoms with Gasteiger partial charge in [0.1, 0.15) is 11.6 Å². The molecule has 0 nitrogen and oxygen atoms in total. The molecule has 0 spiro atoms. The Balaban J connectivity index is 2.93. The molecule has 0 bridgehead atoms. The maximum atomic E-state index is 12.8. The molecule has 0 aromatic heterocycles. The molecule has 0 unspecified atom stereocenters. The lowest BCUT2D eigenvalue weighted by Gasteiger charge is -1.99. The first-order valence-electron chi connectivity index (χ1n) is 3.32. The maximum Gasteiger partial charge on any atom is 0.136 e. The van der Waals surface area contributed by atoms with Gasteiger partial charge in [-0.05, 0) is 24.0 Å². The van der Waals surface area contributed by atoms with Gasteiger partial charge in [-0.3, -0.25) is 0 Å². The molecule has 0 saturated carbocycles. The van der Waals surface area contributed by atoms with E-state index >= 15 is 0 Å². The Kier molecular flexibility index (Phi) is 2.88. The topological polar surface area (TPSA) is 0 Å². The van der Waals surface area contributed by atoms with Crippen LogP contribution in [0.15, 0.2) is 23.1 Å². The fourth-order valence-electron chi connectivity index (χ4n) is 0.743. The lowest BCUT2D eigenvalue weighted by atomic mass is 10.3. The highest BCUT2D eigenvalue weighted by Gasteiger charge is 2.01. The van der Waals surface area contributed by atoms with Crippen molar-refractivity contribution >= 4 is 11.8 Å². The number of rotatable bonds is 2. The third-order valence-electron chi connectivity index (χ3n) is 1.19. The summed E-state index contributed by atoms with van der Waals surface area (Å²) in [5.41, 5.74) is 0. The van der Waals surface area contributed by atoms with Crippen LogP contribution in [0.3, 0.4) is 0 Å². The highest BCUT2D eigenvalue weighted by Crippen LogP contribution is 2.21. The molecule has 1 aromatic rings. The first-order chi connectivity index (χ1) is 5.24. The summed E-state index contributed by atoms with van der Waals surface area (Å²) in [5.74, 6) is 0.0148. The summed E-state index contributed by atoms with van der Waals surface area (Å²) in [6, 6.07) is 3.48. The van der Waals surface area contributed by atoms with Crippen LogP contribution in [0, 0.1) is 11.6 Å². The van der Waals surface area contributed by atoms with Crippen LogP contribution in [0.4, 0.5) is 8.78 Å². The van der Waals surface area contributed by atoms with Crippen molar-refractivity contribution in [1.82, 2.24) is 0 Å². The Hall–Kier alpha value is -0.570. The largest absolute Gasteiger partial charge is 0.207 e. The number of hydrogen-bond acceptors (Lipinski definition) is 1. The molecule has 0 fully saturated rings. The fourth-order valence-corrected chi connectivity index (χ4v) is 1.46. The van der Waals surface area contributed by atoms with Crippen molar-refractivity contribution in [3.63, 3.8) is 0 Å². The summed E-state index contributed by atoms with van der Waals surface area (Å²) in [6.07, 6.45) is 0. The minimum absolute atomic E-state index is 0.349. The monoisotopic (exact) mass is 174 g/mol. The van der Waals surface area contributed by atoms with Crippen molar-refractivity contribution in [1.29, 1.82) is 0 Å². The van der Waals surface area contributed by atoms with Gasteiger partial charge < -0.3 is 0 Å². The molecular weight excluding hydrogens is 166 g/mol. The molecule has 3 heteroatoms. The van der Waals surface area contributed by atoms with Gasteiger partial charge >= 0.3 is 0 Å². The first kappa shape index (κ1) is 8.53. The van der Waals surface area contributed by atoms with Crippen LogP contribution < -0.4 is 0 Å². The van der Waals surface area contributed by atoms with Gasteiger partial charge in [-0.2, -0.15) is 0 Å². The summed E-state index contributed by atoms with van der Waals surface area (Å²) in [4.78, 5) is 0.382. The predicted molar refractivity (Wildman–Crippen MR) is 42.8 cm³/mol. The molecule has 0 aliphatic carbocycles. The summed E-state index contributed by atoms with van der Waals surface area (Å²) in [5, 5.41) is 0. The molecule has 0 amide bonds. The van der Waals surface area contributed by atoms with E-state index in [1.54, 1.807) is 0 Å². The van der Waals surface area contributed by atoms with Crippen molar-refractivity contribution in [3.8, 4) is 0 Å². The Morgan fingerprint density at radius 1 is 1.36 bits per heavy atom. The first-order valence-corrected chi connectivity index (χ1v) is 4.30. The molecular formula is C8H8F2S. The second kappa shape index (κ2) is 3.72. The van der Waals surface area contributed by atoms with Crippen LogP contribution in [-0.4, -0.2) is 5.75 Å². The number of thioether (sulfide) groups is 1. The highest BCUT2D eigenvalue weighted by molar-refractivity contribution is 7.99. The van der Waals surface area contributed by atoms with Crippen molar-refractivity contribution in [3.05, 3.63) is 29.8 Å². The van der Waals surface area contributed by atoms with E-state index in [9.17, 15) is 8.78 Å². The second-order valence-electron chi connectivity index (χ2n) is 2.01. The summed E-state index contributed by atoms with van der Waals surface area (Å²) in [7, 11) is 0. The predicted octanol–water partition coefficient (Wildman–Crippen LogP) is 3.08. The summed E-state index contributed by atoms with van der Waals surface area (Å²) in [6.45, 7) is 1.90. The van der Waals surface area contributed by atoms with Crippen LogP contribution in [0.1, 0.15) is 6.92 Å². The molecule has 1 aromatic carbocycles. The zero-order chi connectivity index (χ0) is 8.27. The minimum atomic E-state index is -0.387. The van der Waals surface area contributed by atoms with Gasteiger partial charge in [0, 0.05) is 4.90 Å². The Bertz CT molecular complexity index is 248. The fraction of sp³-hybridized carbons (Fsp3) is 0.250. The van der Waals surface area contributed by atoms with Gasteiger partial charge in [-0.25, -0.2) is 8.78 Å². The second-order valence-corrected chi connectivity index (χ2v) is 3.31. The Labute approximate surface area is 68.6 Å². The zero-order valence-electron chi connectivity index (χ0n) is 6.10. The average molecular weight is 174 g/mol. The smallest absolute Gasteiger partial charge is 0.136 e. The van der Waals surface area contributed by atoms with E-state index in [4.69, 9.17) is 0 Å². The number of halogens is 2. The molecule has 0 radical (unpaired) electrons. The average Bonchev–Trinajstić information content (AvgIpc) is 1.98.